The molecule has 0 aromatic heterocycles. The number of nitrogens with one attached hydrogen (secondary N) is 1. The fourth-order valence-electron chi connectivity index (χ4n) is 2.59. The maximum Gasteiger partial charge on any atom is 0.410 e. The molecule has 3 atom stereocenters. The first-order chi connectivity index (χ1) is 9.26. The number of carbonyl (C=O) groups is 2. The van der Waals surface area contributed by atoms with Gasteiger partial charge in [0.25, 0.3) is 0 Å². The molecule has 0 saturated carbocycles. The number of carbonyl (C=O) groups excluding carboxylic acids is 2. The van der Waals surface area contributed by atoms with Crippen molar-refractivity contribution in [2.75, 3.05) is 13.2 Å². The van der Waals surface area contributed by atoms with Crippen molar-refractivity contribution in [3.05, 3.63) is 0 Å². The normalized spacial score (nSPS) is 29.8. The summed E-state index contributed by atoms with van der Waals surface area (Å²) in [5.74, 6) is -0.0313. The minimum Gasteiger partial charge on any atom is -0.444 e. The summed E-state index contributed by atoms with van der Waals surface area (Å²) in [6, 6.07) is 0.107. The van der Waals surface area contributed by atoms with Crippen LogP contribution < -0.4 is 5.32 Å². The van der Waals surface area contributed by atoms with Gasteiger partial charge in [0.2, 0.25) is 5.91 Å². The molecule has 2 saturated heterocycles. The molecule has 0 unspecified atom stereocenters. The topological polar surface area (TPSA) is 71.2 Å². The van der Waals surface area contributed by atoms with Gasteiger partial charge in [-0.05, 0) is 33.6 Å². The first-order valence-electron chi connectivity index (χ1n) is 7.14. The molecule has 2 heterocycles. The molecule has 2 rings (SSSR count). The number of piperidine rings is 1. The van der Waals surface area contributed by atoms with E-state index in [1.165, 1.54) is 6.92 Å². The number of likely N-dealkylation sites (tertiary alicyclic amines) is 1. The van der Waals surface area contributed by atoms with Crippen LogP contribution in [0.4, 0.5) is 4.79 Å². The Balaban J connectivity index is 1.99. The second kappa shape index (κ2) is 5.60. The van der Waals surface area contributed by atoms with Crippen LogP contribution in [-0.4, -0.2) is 53.8 Å². The molecule has 0 bridgehead atoms. The van der Waals surface area contributed by atoms with E-state index in [2.05, 4.69) is 5.32 Å². The lowest BCUT2D eigenvalue weighted by Gasteiger charge is -2.39. The van der Waals surface area contributed by atoms with E-state index in [1.807, 2.05) is 20.8 Å². The highest BCUT2D eigenvalue weighted by Gasteiger charge is 2.44. The van der Waals surface area contributed by atoms with Crippen LogP contribution in [0.3, 0.4) is 0 Å². The van der Waals surface area contributed by atoms with E-state index in [1.54, 1.807) is 4.90 Å². The first-order valence-corrected chi connectivity index (χ1v) is 7.14. The molecule has 2 aliphatic heterocycles. The Labute approximate surface area is 119 Å². The van der Waals surface area contributed by atoms with Gasteiger partial charge in [0, 0.05) is 19.5 Å². The SMILES string of the molecule is CC(=O)N[C@@H]1CCN(C(=O)OC(C)(C)C)[C@@H]([C@H]2CO2)C1. The monoisotopic (exact) mass is 284 g/mol. The highest BCUT2D eigenvalue weighted by molar-refractivity contribution is 5.73. The van der Waals surface area contributed by atoms with Crippen molar-refractivity contribution in [1.29, 1.82) is 0 Å². The van der Waals surface area contributed by atoms with Crippen molar-refractivity contribution in [1.82, 2.24) is 10.2 Å². The summed E-state index contributed by atoms with van der Waals surface area (Å²) >= 11 is 0. The summed E-state index contributed by atoms with van der Waals surface area (Å²) in [7, 11) is 0. The molecular formula is C14H24N2O4. The molecule has 0 spiro atoms. The number of epoxide rings is 1. The fraction of sp³-hybridized carbons (Fsp3) is 0.857. The van der Waals surface area contributed by atoms with Crippen LogP contribution in [0.15, 0.2) is 0 Å². The van der Waals surface area contributed by atoms with Gasteiger partial charge >= 0.3 is 6.09 Å². The average Bonchev–Trinajstić information content (AvgIpc) is 3.09. The molecule has 1 N–H and O–H groups in total. The second-order valence-corrected chi connectivity index (χ2v) is 6.53. The highest BCUT2D eigenvalue weighted by atomic mass is 16.6. The first kappa shape index (κ1) is 15.1. The minimum absolute atomic E-state index is 0.00421. The zero-order valence-electron chi connectivity index (χ0n) is 12.6. The number of amides is 2. The van der Waals surface area contributed by atoms with E-state index in [-0.39, 0.29) is 30.2 Å². The molecule has 6 nitrogen and oxygen atoms in total. The number of hydrogen-bond acceptors (Lipinski definition) is 4. The fourth-order valence-corrected chi connectivity index (χ4v) is 2.59. The lowest BCUT2D eigenvalue weighted by Crippen LogP contribution is -2.54. The van der Waals surface area contributed by atoms with Gasteiger partial charge in [-0.2, -0.15) is 0 Å². The van der Waals surface area contributed by atoms with Gasteiger partial charge in [-0.25, -0.2) is 4.79 Å². The number of hydrogen-bond donors (Lipinski definition) is 1. The van der Waals surface area contributed by atoms with E-state index < -0.39 is 5.60 Å². The summed E-state index contributed by atoms with van der Waals surface area (Å²) in [6.07, 6.45) is 1.27. The average molecular weight is 284 g/mol. The summed E-state index contributed by atoms with van der Waals surface area (Å²) < 4.78 is 10.8. The van der Waals surface area contributed by atoms with Gasteiger partial charge in [0.05, 0.1) is 12.6 Å². The Morgan fingerprint density at radius 1 is 1.35 bits per heavy atom. The lowest BCUT2D eigenvalue weighted by molar-refractivity contribution is -0.120. The molecule has 20 heavy (non-hydrogen) atoms. The van der Waals surface area contributed by atoms with E-state index in [0.29, 0.717) is 13.2 Å². The van der Waals surface area contributed by atoms with Crippen LogP contribution in [0.5, 0.6) is 0 Å². The van der Waals surface area contributed by atoms with Crippen LogP contribution in [0, 0.1) is 0 Å². The third-order valence-electron chi connectivity index (χ3n) is 3.47. The van der Waals surface area contributed by atoms with Crippen molar-refractivity contribution < 1.29 is 19.1 Å². The largest absolute Gasteiger partial charge is 0.444 e. The molecule has 2 amide bonds. The Morgan fingerprint density at radius 3 is 2.50 bits per heavy atom. The highest BCUT2D eigenvalue weighted by Crippen LogP contribution is 2.29. The summed E-state index contributed by atoms with van der Waals surface area (Å²) in [5, 5.41) is 2.93. The molecule has 0 aliphatic carbocycles. The van der Waals surface area contributed by atoms with Crippen LogP contribution >= 0.6 is 0 Å². The third kappa shape index (κ3) is 4.10. The smallest absolute Gasteiger partial charge is 0.410 e. The maximum atomic E-state index is 12.2. The molecule has 0 aromatic carbocycles. The van der Waals surface area contributed by atoms with E-state index >= 15 is 0 Å². The van der Waals surface area contributed by atoms with Crippen LogP contribution in [0.1, 0.15) is 40.5 Å². The van der Waals surface area contributed by atoms with Gasteiger partial charge in [0.1, 0.15) is 11.7 Å². The maximum absolute atomic E-state index is 12.2. The van der Waals surface area contributed by atoms with Crippen molar-refractivity contribution in [2.24, 2.45) is 0 Å². The second-order valence-electron chi connectivity index (χ2n) is 6.53. The van der Waals surface area contributed by atoms with Crippen LogP contribution in [0.2, 0.25) is 0 Å². The predicted octanol–water partition coefficient (Wildman–Crippen LogP) is 1.29. The molecule has 0 aromatic rings. The molecule has 114 valence electrons. The van der Waals surface area contributed by atoms with Crippen LogP contribution in [-0.2, 0) is 14.3 Å². The summed E-state index contributed by atoms with van der Waals surface area (Å²) in [6.45, 7) is 8.36. The third-order valence-corrected chi connectivity index (χ3v) is 3.47. The Bertz CT molecular complexity index is 387. The van der Waals surface area contributed by atoms with Gasteiger partial charge in [-0.15, -0.1) is 0 Å². The lowest BCUT2D eigenvalue weighted by atomic mass is 9.95. The van der Waals surface area contributed by atoms with Crippen molar-refractivity contribution in [3.8, 4) is 0 Å². The van der Waals surface area contributed by atoms with Gasteiger partial charge in [0.15, 0.2) is 0 Å². The van der Waals surface area contributed by atoms with Crippen molar-refractivity contribution in [3.63, 3.8) is 0 Å². The van der Waals surface area contributed by atoms with E-state index in [4.69, 9.17) is 9.47 Å². The molecule has 0 radical (unpaired) electrons. The van der Waals surface area contributed by atoms with Crippen molar-refractivity contribution >= 4 is 12.0 Å². The molecular weight excluding hydrogens is 260 g/mol. The number of nitrogens with zero attached hydrogens (tertiary/aromatic N) is 1. The van der Waals surface area contributed by atoms with E-state index in [9.17, 15) is 9.59 Å². The van der Waals surface area contributed by atoms with Gasteiger partial charge in [-0.3, -0.25) is 4.79 Å². The van der Waals surface area contributed by atoms with Gasteiger partial charge < -0.3 is 19.7 Å². The number of ether oxygens (including phenoxy) is 2. The van der Waals surface area contributed by atoms with Crippen LogP contribution in [0.25, 0.3) is 0 Å². The summed E-state index contributed by atoms with van der Waals surface area (Å²) in [4.78, 5) is 25.2. The zero-order chi connectivity index (χ0) is 14.9. The van der Waals surface area contributed by atoms with Crippen molar-refractivity contribution in [2.45, 2.75) is 64.3 Å². The Morgan fingerprint density at radius 2 is 2.00 bits per heavy atom. The van der Waals surface area contributed by atoms with Gasteiger partial charge in [-0.1, -0.05) is 0 Å². The standard InChI is InChI=1S/C14H24N2O4/c1-9(17)15-10-5-6-16(11(7-10)12-8-19-12)13(18)20-14(2,3)4/h10-12H,5-8H2,1-4H3,(H,15,17)/t10-,11-,12-/m1/s1. The molecule has 2 aliphatic rings. The Hall–Kier alpha value is -1.30. The minimum atomic E-state index is -0.499. The molecule has 2 fully saturated rings. The quantitative estimate of drug-likeness (QED) is 0.776. The summed E-state index contributed by atoms with van der Waals surface area (Å²) in [5.41, 5.74) is -0.499. The van der Waals surface area contributed by atoms with E-state index in [0.717, 1.165) is 12.8 Å². The zero-order valence-corrected chi connectivity index (χ0v) is 12.6. The Kier molecular flexibility index (Phi) is 4.22. The predicted molar refractivity (Wildman–Crippen MR) is 73.3 cm³/mol. The number of rotatable bonds is 2. The molecule has 6 heteroatoms.